The van der Waals surface area contributed by atoms with Gasteiger partial charge in [0.1, 0.15) is 0 Å². The monoisotopic (exact) mass is 294 g/mol. The first-order chi connectivity index (χ1) is 10.0. The lowest BCUT2D eigenvalue weighted by molar-refractivity contribution is -0.136. The molecule has 0 bridgehead atoms. The molecular formula is C15H22N2O4. The number of amides is 2. The van der Waals surface area contributed by atoms with E-state index in [-0.39, 0.29) is 18.4 Å². The molecule has 116 valence electrons. The van der Waals surface area contributed by atoms with E-state index in [1.807, 2.05) is 13.0 Å². The van der Waals surface area contributed by atoms with Gasteiger partial charge in [0.05, 0.1) is 6.61 Å². The number of hydrogen-bond donors (Lipinski definition) is 3. The summed E-state index contributed by atoms with van der Waals surface area (Å²) in [5, 5.41) is 14.2. The van der Waals surface area contributed by atoms with Crippen molar-refractivity contribution in [3.8, 4) is 0 Å². The van der Waals surface area contributed by atoms with Crippen molar-refractivity contribution >= 4 is 17.7 Å². The standard InChI is InChI=1S/C15H22N2O4/c1-11(10-21-2)9-16-15(20)17-13-5-3-4-12(8-13)6-7-14(18)19/h3-5,8,11H,6-7,9-10H2,1-2H3,(H,18,19)(H2,16,17,20). The topological polar surface area (TPSA) is 87.7 Å². The zero-order chi connectivity index (χ0) is 15.7. The van der Waals surface area contributed by atoms with E-state index in [1.165, 1.54) is 0 Å². The number of urea groups is 1. The molecule has 1 aromatic carbocycles. The van der Waals surface area contributed by atoms with Crippen LogP contribution in [-0.2, 0) is 16.0 Å². The van der Waals surface area contributed by atoms with E-state index < -0.39 is 5.97 Å². The molecule has 0 fully saturated rings. The van der Waals surface area contributed by atoms with Crippen LogP contribution in [0.5, 0.6) is 0 Å². The third kappa shape index (κ3) is 7.31. The summed E-state index contributed by atoms with van der Waals surface area (Å²) in [5.41, 5.74) is 1.53. The van der Waals surface area contributed by atoms with Crippen molar-refractivity contribution in [2.45, 2.75) is 19.8 Å². The number of anilines is 1. The van der Waals surface area contributed by atoms with Gasteiger partial charge in [-0.2, -0.15) is 0 Å². The SMILES string of the molecule is COCC(C)CNC(=O)Nc1cccc(CCC(=O)O)c1. The molecule has 2 amide bonds. The predicted molar refractivity (Wildman–Crippen MR) is 80.5 cm³/mol. The first-order valence-electron chi connectivity index (χ1n) is 6.85. The molecule has 1 unspecified atom stereocenters. The molecule has 0 heterocycles. The molecule has 1 rings (SSSR count). The molecule has 1 aromatic rings. The number of aliphatic carboxylic acids is 1. The number of carboxylic acids is 1. The largest absolute Gasteiger partial charge is 0.481 e. The van der Waals surface area contributed by atoms with Crippen molar-refractivity contribution in [3.63, 3.8) is 0 Å². The Hall–Kier alpha value is -2.08. The number of ether oxygens (including phenoxy) is 1. The molecule has 0 radical (unpaired) electrons. The number of nitrogens with one attached hydrogen (secondary N) is 2. The lowest BCUT2D eigenvalue weighted by Gasteiger charge is -2.12. The van der Waals surface area contributed by atoms with Gasteiger partial charge in [0.15, 0.2) is 0 Å². The van der Waals surface area contributed by atoms with Gasteiger partial charge < -0.3 is 20.5 Å². The summed E-state index contributed by atoms with van der Waals surface area (Å²) in [5.74, 6) is -0.596. The van der Waals surface area contributed by atoms with E-state index >= 15 is 0 Å². The Balaban J connectivity index is 2.44. The van der Waals surface area contributed by atoms with Crippen molar-refractivity contribution < 1.29 is 19.4 Å². The summed E-state index contributed by atoms with van der Waals surface area (Å²) in [6.45, 7) is 3.10. The molecular weight excluding hydrogens is 272 g/mol. The van der Waals surface area contributed by atoms with Crippen LogP contribution in [0.3, 0.4) is 0 Å². The number of carboxylic acid groups (broad SMARTS) is 1. The van der Waals surface area contributed by atoms with Crippen LogP contribution in [0.25, 0.3) is 0 Å². The molecule has 6 heteroatoms. The van der Waals surface area contributed by atoms with Crippen LogP contribution < -0.4 is 10.6 Å². The van der Waals surface area contributed by atoms with E-state index in [0.29, 0.717) is 25.3 Å². The molecule has 0 aliphatic rings. The third-order valence-corrected chi connectivity index (χ3v) is 2.87. The smallest absolute Gasteiger partial charge is 0.319 e. The fourth-order valence-corrected chi connectivity index (χ4v) is 1.84. The Morgan fingerprint density at radius 2 is 2.14 bits per heavy atom. The number of aryl methyl sites for hydroxylation is 1. The number of rotatable bonds is 8. The molecule has 21 heavy (non-hydrogen) atoms. The molecule has 0 aliphatic carbocycles. The van der Waals surface area contributed by atoms with Gasteiger partial charge in [-0.15, -0.1) is 0 Å². The summed E-state index contributed by atoms with van der Waals surface area (Å²) in [7, 11) is 1.62. The Bertz CT molecular complexity index is 476. The lowest BCUT2D eigenvalue weighted by atomic mass is 10.1. The zero-order valence-electron chi connectivity index (χ0n) is 12.4. The molecule has 0 aromatic heterocycles. The van der Waals surface area contributed by atoms with E-state index in [1.54, 1.807) is 25.3 Å². The second kappa shape index (κ2) is 8.97. The molecule has 0 spiro atoms. The first-order valence-corrected chi connectivity index (χ1v) is 6.85. The first kappa shape index (κ1) is 17.0. The Morgan fingerprint density at radius 1 is 1.38 bits per heavy atom. The van der Waals surface area contributed by atoms with Crippen molar-refractivity contribution in [1.29, 1.82) is 0 Å². The predicted octanol–water partition coefficient (Wildman–Crippen LogP) is 2.11. The minimum Gasteiger partial charge on any atom is -0.481 e. The van der Waals surface area contributed by atoms with Crippen LogP contribution in [0.1, 0.15) is 18.9 Å². The number of hydrogen-bond acceptors (Lipinski definition) is 3. The van der Waals surface area contributed by atoms with Crippen LogP contribution in [0.2, 0.25) is 0 Å². The van der Waals surface area contributed by atoms with Gasteiger partial charge in [-0.25, -0.2) is 4.79 Å². The van der Waals surface area contributed by atoms with E-state index in [2.05, 4.69) is 10.6 Å². The maximum Gasteiger partial charge on any atom is 0.319 e. The normalized spacial score (nSPS) is 11.7. The molecule has 1 atom stereocenters. The van der Waals surface area contributed by atoms with Crippen LogP contribution in [0.15, 0.2) is 24.3 Å². The number of methoxy groups -OCH3 is 1. The third-order valence-electron chi connectivity index (χ3n) is 2.87. The number of benzene rings is 1. The van der Waals surface area contributed by atoms with E-state index in [9.17, 15) is 9.59 Å². The molecule has 0 aliphatic heterocycles. The van der Waals surface area contributed by atoms with Gasteiger partial charge in [-0.3, -0.25) is 4.79 Å². The zero-order valence-corrected chi connectivity index (χ0v) is 12.4. The van der Waals surface area contributed by atoms with Gasteiger partial charge >= 0.3 is 12.0 Å². The molecule has 3 N–H and O–H groups in total. The van der Waals surface area contributed by atoms with Crippen LogP contribution in [0.4, 0.5) is 10.5 Å². The Labute approximate surface area is 124 Å². The van der Waals surface area contributed by atoms with Crippen molar-refractivity contribution in [1.82, 2.24) is 5.32 Å². The fourth-order valence-electron chi connectivity index (χ4n) is 1.84. The molecule has 0 saturated heterocycles. The lowest BCUT2D eigenvalue weighted by Crippen LogP contribution is -2.33. The van der Waals surface area contributed by atoms with Gasteiger partial charge in [0.25, 0.3) is 0 Å². The van der Waals surface area contributed by atoms with Gasteiger partial charge in [0.2, 0.25) is 0 Å². The van der Waals surface area contributed by atoms with Gasteiger partial charge in [0, 0.05) is 25.8 Å². The van der Waals surface area contributed by atoms with Crippen molar-refractivity contribution in [3.05, 3.63) is 29.8 Å². The van der Waals surface area contributed by atoms with Gasteiger partial charge in [-0.05, 0) is 30.0 Å². The highest BCUT2D eigenvalue weighted by Gasteiger charge is 2.06. The van der Waals surface area contributed by atoms with Gasteiger partial charge in [-0.1, -0.05) is 19.1 Å². The summed E-state index contributed by atoms with van der Waals surface area (Å²) in [6, 6.07) is 6.89. The summed E-state index contributed by atoms with van der Waals surface area (Å²) >= 11 is 0. The molecule has 0 saturated carbocycles. The Morgan fingerprint density at radius 3 is 2.81 bits per heavy atom. The summed E-state index contributed by atoms with van der Waals surface area (Å²) in [4.78, 5) is 22.3. The minimum atomic E-state index is -0.835. The maximum atomic E-state index is 11.7. The van der Waals surface area contributed by atoms with E-state index in [4.69, 9.17) is 9.84 Å². The number of carbonyl (C=O) groups is 2. The fraction of sp³-hybridized carbons (Fsp3) is 0.467. The molecule has 6 nitrogen and oxygen atoms in total. The highest BCUT2D eigenvalue weighted by molar-refractivity contribution is 5.89. The second-order valence-corrected chi connectivity index (χ2v) is 4.99. The maximum absolute atomic E-state index is 11.7. The highest BCUT2D eigenvalue weighted by Crippen LogP contribution is 2.12. The second-order valence-electron chi connectivity index (χ2n) is 4.99. The minimum absolute atomic E-state index is 0.0736. The van der Waals surface area contributed by atoms with Crippen LogP contribution in [0, 0.1) is 5.92 Å². The van der Waals surface area contributed by atoms with Crippen LogP contribution >= 0.6 is 0 Å². The summed E-state index contributed by atoms with van der Waals surface area (Å²) in [6.07, 6.45) is 0.515. The van der Waals surface area contributed by atoms with Crippen molar-refractivity contribution in [2.24, 2.45) is 5.92 Å². The number of carbonyl (C=O) groups excluding carboxylic acids is 1. The van der Waals surface area contributed by atoms with Crippen molar-refractivity contribution in [2.75, 3.05) is 25.6 Å². The van der Waals surface area contributed by atoms with Crippen LogP contribution in [-0.4, -0.2) is 37.4 Å². The highest BCUT2D eigenvalue weighted by atomic mass is 16.5. The summed E-state index contributed by atoms with van der Waals surface area (Å²) < 4.78 is 5.00. The average Bonchev–Trinajstić information content (AvgIpc) is 2.44. The Kier molecular flexibility index (Phi) is 7.25. The average molecular weight is 294 g/mol. The quantitative estimate of drug-likeness (QED) is 0.685. The van der Waals surface area contributed by atoms with E-state index in [0.717, 1.165) is 5.56 Å².